The van der Waals surface area contributed by atoms with Gasteiger partial charge in [0, 0.05) is 31.7 Å². The van der Waals surface area contributed by atoms with Crippen molar-refractivity contribution in [2.45, 2.75) is 37.8 Å². The SMILES string of the molecule is C=CCN(CCNC1CC1)C1CC1. The summed E-state index contributed by atoms with van der Waals surface area (Å²) in [4.78, 5) is 2.54. The van der Waals surface area contributed by atoms with Crippen molar-refractivity contribution in [3.05, 3.63) is 12.7 Å². The van der Waals surface area contributed by atoms with Crippen molar-refractivity contribution in [1.82, 2.24) is 10.2 Å². The predicted octanol–water partition coefficient (Wildman–Crippen LogP) is 1.39. The minimum atomic E-state index is 0.852. The summed E-state index contributed by atoms with van der Waals surface area (Å²) < 4.78 is 0. The maximum atomic E-state index is 3.80. The molecule has 2 aliphatic carbocycles. The summed E-state index contributed by atoms with van der Waals surface area (Å²) in [6.45, 7) is 7.23. The van der Waals surface area contributed by atoms with Crippen molar-refractivity contribution < 1.29 is 0 Å². The van der Waals surface area contributed by atoms with Crippen molar-refractivity contribution >= 4 is 0 Å². The fourth-order valence-electron chi connectivity index (χ4n) is 1.73. The van der Waals surface area contributed by atoms with Gasteiger partial charge in [-0.15, -0.1) is 6.58 Å². The van der Waals surface area contributed by atoms with Gasteiger partial charge in [-0.2, -0.15) is 0 Å². The van der Waals surface area contributed by atoms with Gasteiger partial charge in [0.15, 0.2) is 0 Å². The highest BCUT2D eigenvalue weighted by Gasteiger charge is 2.28. The fourth-order valence-corrected chi connectivity index (χ4v) is 1.73. The fraction of sp³-hybridized carbons (Fsp3) is 0.818. The number of hydrogen-bond donors (Lipinski definition) is 1. The van der Waals surface area contributed by atoms with E-state index in [1.807, 2.05) is 6.08 Å². The average molecular weight is 180 g/mol. The Balaban J connectivity index is 1.59. The molecule has 0 unspecified atom stereocenters. The molecule has 2 fully saturated rings. The van der Waals surface area contributed by atoms with Crippen LogP contribution in [0.25, 0.3) is 0 Å². The Labute approximate surface area is 81.0 Å². The van der Waals surface area contributed by atoms with Crippen LogP contribution in [-0.2, 0) is 0 Å². The minimum absolute atomic E-state index is 0.852. The third kappa shape index (κ3) is 3.12. The van der Waals surface area contributed by atoms with E-state index in [-0.39, 0.29) is 0 Å². The van der Waals surface area contributed by atoms with Crippen LogP contribution < -0.4 is 5.32 Å². The molecular formula is C11H20N2. The molecule has 1 N–H and O–H groups in total. The maximum absolute atomic E-state index is 3.80. The molecule has 0 aliphatic heterocycles. The lowest BCUT2D eigenvalue weighted by molar-refractivity contribution is 0.291. The maximum Gasteiger partial charge on any atom is 0.0164 e. The zero-order chi connectivity index (χ0) is 9.10. The molecule has 0 saturated heterocycles. The average Bonchev–Trinajstić information content (AvgIpc) is 2.98. The molecule has 2 rings (SSSR count). The van der Waals surface area contributed by atoms with Crippen molar-refractivity contribution in [2.75, 3.05) is 19.6 Å². The Bertz CT molecular complexity index is 171. The normalized spacial score (nSPS) is 22.2. The first-order chi connectivity index (χ1) is 6.40. The Morgan fingerprint density at radius 3 is 2.62 bits per heavy atom. The van der Waals surface area contributed by atoms with Crippen molar-refractivity contribution in [3.63, 3.8) is 0 Å². The zero-order valence-electron chi connectivity index (χ0n) is 8.34. The summed E-state index contributed by atoms with van der Waals surface area (Å²) >= 11 is 0. The van der Waals surface area contributed by atoms with Crippen LogP contribution in [-0.4, -0.2) is 36.6 Å². The molecule has 0 heterocycles. The standard InChI is InChI=1S/C11H20N2/c1-2-8-13(11-5-6-11)9-7-12-10-3-4-10/h2,10-12H,1,3-9H2. The molecule has 0 spiro atoms. The lowest BCUT2D eigenvalue weighted by Crippen LogP contribution is -2.34. The molecule has 2 aliphatic rings. The Morgan fingerprint density at radius 2 is 2.08 bits per heavy atom. The minimum Gasteiger partial charge on any atom is -0.313 e. The highest BCUT2D eigenvalue weighted by Crippen LogP contribution is 2.26. The molecule has 0 aromatic carbocycles. The Morgan fingerprint density at radius 1 is 1.31 bits per heavy atom. The number of hydrogen-bond acceptors (Lipinski definition) is 2. The van der Waals surface area contributed by atoms with E-state index in [1.165, 1.54) is 32.2 Å². The van der Waals surface area contributed by atoms with Gasteiger partial charge in [-0.1, -0.05) is 6.08 Å². The van der Waals surface area contributed by atoms with E-state index in [4.69, 9.17) is 0 Å². The Hall–Kier alpha value is -0.340. The topological polar surface area (TPSA) is 15.3 Å². The van der Waals surface area contributed by atoms with Gasteiger partial charge in [-0.3, -0.25) is 4.90 Å². The van der Waals surface area contributed by atoms with E-state index in [9.17, 15) is 0 Å². The van der Waals surface area contributed by atoms with Gasteiger partial charge in [0.1, 0.15) is 0 Å². The van der Waals surface area contributed by atoms with Crippen molar-refractivity contribution in [3.8, 4) is 0 Å². The smallest absolute Gasteiger partial charge is 0.0164 e. The molecule has 0 amide bonds. The van der Waals surface area contributed by atoms with E-state index in [0.29, 0.717) is 0 Å². The van der Waals surface area contributed by atoms with Gasteiger partial charge in [0.25, 0.3) is 0 Å². The van der Waals surface area contributed by atoms with Gasteiger partial charge in [0.05, 0.1) is 0 Å². The van der Waals surface area contributed by atoms with Gasteiger partial charge < -0.3 is 5.32 Å². The summed E-state index contributed by atoms with van der Waals surface area (Å²) in [7, 11) is 0. The van der Waals surface area contributed by atoms with Gasteiger partial charge in [-0.25, -0.2) is 0 Å². The largest absolute Gasteiger partial charge is 0.313 e. The summed E-state index contributed by atoms with van der Waals surface area (Å²) in [5.41, 5.74) is 0. The van der Waals surface area contributed by atoms with E-state index >= 15 is 0 Å². The van der Waals surface area contributed by atoms with Crippen LogP contribution in [0.3, 0.4) is 0 Å². The van der Waals surface area contributed by atoms with Crippen molar-refractivity contribution in [1.29, 1.82) is 0 Å². The third-order valence-corrected chi connectivity index (χ3v) is 2.84. The van der Waals surface area contributed by atoms with Crippen LogP contribution in [0, 0.1) is 0 Å². The van der Waals surface area contributed by atoms with E-state index in [0.717, 1.165) is 25.2 Å². The lowest BCUT2D eigenvalue weighted by Gasteiger charge is -2.19. The predicted molar refractivity (Wildman–Crippen MR) is 55.8 cm³/mol. The molecule has 2 nitrogen and oxygen atoms in total. The van der Waals surface area contributed by atoms with Crippen LogP contribution >= 0.6 is 0 Å². The number of nitrogens with one attached hydrogen (secondary N) is 1. The highest BCUT2D eigenvalue weighted by molar-refractivity contribution is 4.89. The summed E-state index contributed by atoms with van der Waals surface area (Å²) in [6.07, 6.45) is 7.61. The molecule has 0 atom stereocenters. The molecule has 13 heavy (non-hydrogen) atoms. The van der Waals surface area contributed by atoms with Gasteiger partial charge >= 0.3 is 0 Å². The second-order valence-electron chi connectivity index (χ2n) is 4.24. The van der Waals surface area contributed by atoms with Crippen LogP contribution in [0.2, 0.25) is 0 Å². The molecular weight excluding hydrogens is 160 g/mol. The van der Waals surface area contributed by atoms with Gasteiger partial charge in [0.2, 0.25) is 0 Å². The quantitative estimate of drug-likeness (QED) is 0.596. The monoisotopic (exact) mass is 180 g/mol. The first-order valence-electron chi connectivity index (χ1n) is 5.48. The van der Waals surface area contributed by atoms with Crippen LogP contribution in [0.4, 0.5) is 0 Å². The first kappa shape index (κ1) is 9.22. The molecule has 2 heteroatoms. The molecule has 0 radical (unpaired) electrons. The highest BCUT2D eigenvalue weighted by atomic mass is 15.2. The van der Waals surface area contributed by atoms with Crippen LogP contribution in [0.1, 0.15) is 25.7 Å². The third-order valence-electron chi connectivity index (χ3n) is 2.84. The van der Waals surface area contributed by atoms with E-state index in [1.54, 1.807) is 0 Å². The number of nitrogens with zero attached hydrogens (tertiary/aromatic N) is 1. The molecule has 2 saturated carbocycles. The molecule has 0 bridgehead atoms. The van der Waals surface area contributed by atoms with E-state index in [2.05, 4.69) is 16.8 Å². The van der Waals surface area contributed by atoms with E-state index < -0.39 is 0 Å². The molecule has 0 aromatic rings. The first-order valence-corrected chi connectivity index (χ1v) is 5.48. The molecule has 0 aromatic heterocycles. The van der Waals surface area contributed by atoms with Crippen LogP contribution in [0.5, 0.6) is 0 Å². The summed E-state index contributed by atoms with van der Waals surface area (Å²) in [5.74, 6) is 0. The zero-order valence-corrected chi connectivity index (χ0v) is 8.34. The van der Waals surface area contributed by atoms with Gasteiger partial charge in [-0.05, 0) is 25.7 Å². The second-order valence-corrected chi connectivity index (χ2v) is 4.24. The van der Waals surface area contributed by atoms with Crippen molar-refractivity contribution in [2.24, 2.45) is 0 Å². The second kappa shape index (κ2) is 4.25. The summed E-state index contributed by atoms with van der Waals surface area (Å²) in [5, 5.41) is 3.55. The Kier molecular flexibility index (Phi) is 3.01. The summed E-state index contributed by atoms with van der Waals surface area (Å²) in [6, 6.07) is 1.73. The molecule has 74 valence electrons. The number of rotatable bonds is 7. The lowest BCUT2D eigenvalue weighted by atomic mass is 10.4. The van der Waals surface area contributed by atoms with Crippen LogP contribution in [0.15, 0.2) is 12.7 Å².